The van der Waals surface area contributed by atoms with Crippen LogP contribution in [0.5, 0.6) is 0 Å². The van der Waals surface area contributed by atoms with Crippen molar-refractivity contribution in [3.63, 3.8) is 0 Å². The van der Waals surface area contributed by atoms with E-state index < -0.39 is 0 Å². The highest BCUT2D eigenvalue weighted by atomic mass is 15.3. The summed E-state index contributed by atoms with van der Waals surface area (Å²) in [6, 6.07) is 10.3. The number of rotatable bonds is 2. The first-order valence-electron chi connectivity index (χ1n) is 5.66. The third-order valence-corrected chi connectivity index (χ3v) is 3.03. The van der Waals surface area contributed by atoms with E-state index in [1.807, 2.05) is 10.7 Å². The van der Waals surface area contributed by atoms with Gasteiger partial charge in [-0.15, -0.1) is 0 Å². The molecule has 0 radical (unpaired) electrons. The predicted molar refractivity (Wildman–Crippen MR) is 64.7 cm³/mol. The fourth-order valence-electron chi connectivity index (χ4n) is 1.89. The quantitative estimate of drug-likeness (QED) is 0.833. The lowest BCUT2D eigenvalue weighted by Gasteiger charge is -2.03. The van der Waals surface area contributed by atoms with Crippen LogP contribution in [0.2, 0.25) is 0 Å². The maximum absolute atomic E-state index is 5.98. The minimum absolute atomic E-state index is 0.647. The second-order valence-electron chi connectivity index (χ2n) is 4.52. The summed E-state index contributed by atoms with van der Waals surface area (Å²) in [5, 5.41) is 4.56. The summed E-state index contributed by atoms with van der Waals surface area (Å²) >= 11 is 0. The largest absolute Gasteiger partial charge is 0.384 e. The number of benzene rings is 1. The molecule has 1 aliphatic rings. The van der Waals surface area contributed by atoms with Crippen LogP contribution in [0.1, 0.15) is 30.0 Å². The molecule has 3 heteroatoms. The molecule has 0 saturated heterocycles. The summed E-state index contributed by atoms with van der Waals surface area (Å²) in [6.45, 7) is 2.08. The van der Waals surface area contributed by atoms with E-state index in [9.17, 15) is 0 Å². The number of aryl methyl sites for hydroxylation is 1. The standard InChI is InChI=1S/C13H15N3/c1-9-2-6-11(7-3-9)16-13(14)8-12(15-16)10-4-5-10/h2-3,6-8,10H,4-5,14H2,1H3. The van der Waals surface area contributed by atoms with Crippen molar-refractivity contribution in [1.29, 1.82) is 0 Å². The Bertz CT molecular complexity index is 506. The lowest BCUT2D eigenvalue weighted by Crippen LogP contribution is -2.01. The molecule has 1 aliphatic carbocycles. The topological polar surface area (TPSA) is 43.8 Å². The number of aromatic nitrogens is 2. The van der Waals surface area contributed by atoms with Crippen LogP contribution in [0.15, 0.2) is 30.3 Å². The average molecular weight is 213 g/mol. The first-order chi connectivity index (χ1) is 7.74. The van der Waals surface area contributed by atoms with Crippen molar-refractivity contribution in [2.75, 3.05) is 5.73 Å². The molecule has 1 aromatic carbocycles. The van der Waals surface area contributed by atoms with Crippen molar-refractivity contribution in [2.24, 2.45) is 0 Å². The highest BCUT2D eigenvalue weighted by Gasteiger charge is 2.27. The Morgan fingerprint density at radius 2 is 1.94 bits per heavy atom. The van der Waals surface area contributed by atoms with E-state index in [4.69, 9.17) is 5.73 Å². The molecule has 2 aromatic rings. The molecule has 0 bridgehead atoms. The molecule has 1 aromatic heterocycles. The molecule has 3 nitrogen and oxygen atoms in total. The molecule has 0 atom stereocenters. The van der Waals surface area contributed by atoms with E-state index in [0.717, 1.165) is 17.2 Å². The molecule has 3 rings (SSSR count). The van der Waals surface area contributed by atoms with Crippen LogP contribution in [0.3, 0.4) is 0 Å². The first-order valence-corrected chi connectivity index (χ1v) is 5.66. The van der Waals surface area contributed by atoms with E-state index in [-0.39, 0.29) is 0 Å². The predicted octanol–water partition coefficient (Wildman–Crippen LogP) is 2.64. The van der Waals surface area contributed by atoms with Crippen molar-refractivity contribution in [2.45, 2.75) is 25.7 Å². The molecule has 0 amide bonds. The van der Waals surface area contributed by atoms with E-state index in [2.05, 4.69) is 36.3 Å². The van der Waals surface area contributed by atoms with Gasteiger partial charge >= 0.3 is 0 Å². The minimum atomic E-state index is 0.647. The van der Waals surface area contributed by atoms with Gasteiger partial charge in [-0.25, -0.2) is 4.68 Å². The fraction of sp³-hybridized carbons (Fsp3) is 0.308. The lowest BCUT2D eigenvalue weighted by atomic mass is 10.2. The molecule has 0 spiro atoms. The van der Waals surface area contributed by atoms with Crippen molar-refractivity contribution < 1.29 is 0 Å². The van der Waals surface area contributed by atoms with Gasteiger partial charge in [-0.3, -0.25) is 0 Å². The Kier molecular flexibility index (Phi) is 1.99. The minimum Gasteiger partial charge on any atom is -0.384 e. The number of nitrogens with two attached hydrogens (primary N) is 1. The van der Waals surface area contributed by atoms with Gasteiger partial charge in [0.1, 0.15) is 5.82 Å². The van der Waals surface area contributed by atoms with Crippen LogP contribution in [0.25, 0.3) is 5.69 Å². The third kappa shape index (κ3) is 1.58. The molecule has 16 heavy (non-hydrogen) atoms. The van der Waals surface area contributed by atoms with Crippen molar-refractivity contribution in [3.8, 4) is 5.69 Å². The van der Waals surface area contributed by atoms with Gasteiger partial charge in [0.25, 0.3) is 0 Å². The molecule has 0 aliphatic heterocycles. The summed E-state index contributed by atoms with van der Waals surface area (Å²) in [5.41, 5.74) is 9.40. The van der Waals surface area contributed by atoms with Gasteiger partial charge < -0.3 is 5.73 Å². The van der Waals surface area contributed by atoms with Crippen molar-refractivity contribution >= 4 is 5.82 Å². The summed E-state index contributed by atoms with van der Waals surface area (Å²) in [4.78, 5) is 0. The molecule has 1 saturated carbocycles. The Morgan fingerprint density at radius 3 is 2.56 bits per heavy atom. The maximum atomic E-state index is 5.98. The van der Waals surface area contributed by atoms with E-state index >= 15 is 0 Å². The van der Waals surface area contributed by atoms with Crippen LogP contribution >= 0.6 is 0 Å². The van der Waals surface area contributed by atoms with Crippen molar-refractivity contribution in [1.82, 2.24) is 9.78 Å². The van der Waals surface area contributed by atoms with E-state index in [0.29, 0.717) is 5.92 Å². The summed E-state index contributed by atoms with van der Waals surface area (Å²) < 4.78 is 1.83. The number of hydrogen-bond acceptors (Lipinski definition) is 2. The number of hydrogen-bond donors (Lipinski definition) is 1. The van der Waals surface area contributed by atoms with E-state index in [1.165, 1.54) is 18.4 Å². The Hall–Kier alpha value is -1.77. The smallest absolute Gasteiger partial charge is 0.127 e. The summed E-state index contributed by atoms with van der Waals surface area (Å²) in [5.74, 6) is 1.37. The van der Waals surface area contributed by atoms with Gasteiger partial charge in [0.05, 0.1) is 11.4 Å². The van der Waals surface area contributed by atoms with E-state index in [1.54, 1.807) is 0 Å². The molecule has 0 unspecified atom stereocenters. The zero-order chi connectivity index (χ0) is 11.1. The Balaban J connectivity index is 2.01. The van der Waals surface area contributed by atoms with Gasteiger partial charge in [-0.1, -0.05) is 17.7 Å². The summed E-state index contributed by atoms with van der Waals surface area (Å²) in [7, 11) is 0. The Labute approximate surface area is 94.9 Å². The van der Waals surface area contributed by atoms with Crippen LogP contribution < -0.4 is 5.73 Å². The van der Waals surface area contributed by atoms with Gasteiger partial charge in [0.2, 0.25) is 0 Å². The number of anilines is 1. The monoisotopic (exact) mass is 213 g/mol. The molecule has 2 N–H and O–H groups in total. The second-order valence-corrected chi connectivity index (χ2v) is 4.52. The fourth-order valence-corrected chi connectivity index (χ4v) is 1.89. The molecular weight excluding hydrogens is 198 g/mol. The van der Waals surface area contributed by atoms with Crippen LogP contribution in [0.4, 0.5) is 5.82 Å². The highest BCUT2D eigenvalue weighted by Crippen LogP contribution is 2.40. The lowest BCUT2D eigenvalue weighted by molar-refractivity contribution is 0.844. The molecule has 1 fully saturated rings. The molecule has 82 valence electrons. The zero-order valence-corrected chi connectivity index (χ0v) is 9.35. The molecule has 1 heterocycles. The number of nitrogen functional groups attached to an aromatic ring is 1. The van der Waals surface area contributed by atoms with Gasteiger partial charge in [0.15, 0.2) is 0 Å². The maximum Gasteiger partial charge on any atom is 0.127 e. The van der Waals surface area contributed by atoms with Gasteiger partial charge in [-0.2, -0.15) is 5.10 Å². The second kappa shape index (κ2) is 3.37. The molecular formula is C13H15N3. The van der Waals surface area contributed by atoms with Crippen LogP contribution in [0, 0.1) is 6.92 Å². The van der Waals surface area contributed by atoms with Gasteiger partial charge in [0, 0.05) is 12.0 Å². The zero-order valence-electron chi connectivity index (χ0n) is 9.35. The first kappa shape index (κ1) is 9.46. The SMILES string of the molecule is Cc1ccc(-n2nc(C3CC3)cc2N)cc1. The van der Waals surface area contributed by atoms with Crippen molar-refractivity contribution in [3.05, 3.63) is 41.6 Å². The highest BCUT2D eigenvalue weighted by molar-refractivity contribution is 5.44. The van der Waals surface area contributed by atoms with Gasteiger partial charge in [-0.05, 0) is 31.9 Å². The third-order valence-electron chi connectivity index (χ3n) is 3.03. The number of nitrogens with zero attached hydrogens (tertiary/aromatic N) is 2. The Morgan fingerprint density at radius 1 is 1.25 bits per heavy atom. The normalized spacial score (nSPS) is 15.3. The van der Waals surface area contributed by atoms with Crippen LogP contribution in [-0.4, -0.2) is 9.78 Å². The summed E-state index contributed by atoms with van der Waals surface area (Å²) in [6.07, 6.45) is 2.51. The van der Waals surface area contributed by atoms with Crippen LogP contribution in [-0.2, 0) is 0 Å². The average Bonchev–Trinajstić information content (AvgIpc) is 3.04.